The highest BCUT2D eigenvalue weighted by Gasteiger charge is 2.36. The summed E-state index contributed by atoms with van der Waals surface area (Å²) >= 11 is 6.10. The molecule has 1 aliphatic rings. The van der Waals surface area contributed by atoms with Gasteiger partial charge in [-0.3, -0.25) is 4.79 Å². The number of carbonyl (C=O) groups excluding carboxylic acids is 1. The Bertz CT molecular complexity index is 1480. The lowest BCUT2D eigenvalue weighted by Crippen LogP contribution is -2.25. The van der Waals surface area contributed by atoms with E-state index in [-0.39, 0.29) is 27.9 Å². The minimum atomic E-state index is -4.59. The molecular formula is C24H18ClF4N5O2. The molecule has 12 heteroatoms. The van der Waals surface area contributed by atoms with Crippen LogP contribution in [0.15, 0.2) is 42.6 Å². The molecule has 0 spiro atoms. The number of anilines is 3. The standard InChI is InChI=1S/C24H18ClF4N5O2/c1-23(2)9-13-18-16(32-22(33-18)34-19-14(25)4-3-5-15(19)26)8-12(20(13)36-23)21(35)31-11-6-7-17(30-10-11)24(27,28)29/h3-8,10H,9H2,1-2H3,(H,31,35)(H2,32,33,34). The number of nitrogens with zero attached hydrogens (tertiary/aromatic N) is 2. The highest BCUT2D eigenvalue weighted by Crippen LogP contribution is 2.42. The molecule has 3 heterocycles. The number of fused-ring (bicyclic) bond motifs is 3. The van der Waals surface area contributed by atoms with Crippen molar-refractivity contribution in [3.63, 3.8) is 0 Å². The first kappa shape index (κ1) is 23.9. The van der Waals surface area contributed by atoms with E-state index in [9.17, 15) is 22.4 Å². The Kier molecular flexibility index (Phi) is 5.55. The van der Waals surface area contributed by atoms with Crippen LogP contribution in [-0.4, -0.2) is 26.5 Å². The monoisotopic (exact) mass is 519 g/mol. The summed E-state index contributed by atoms with van der Waals surface area (Å²) in [5.74, 6) is -0.651. The summed E-state index contributed by atoms with van der Waals surface area (Å²) < 4.78 is 58.7. The van der Waals surface area contributed by atoms with Gasteiger partial charge in [0.25, 0.3) is 5.91 Å². The first-order chi connectivity index (χ1) is 16.9. The number of para-hydroxylation sites is 1. The predicted molar refractivity (Wildman–Crippen MR) is 126 cm³/mol. The molecule has 36 heavy (non-hydrogen) atoms. The molecule has 1 amide bonds. The van der Waals surface area contributed by atoms with Crippen molar-refractivity contribution >= 4 is 45.9 Å². The molecule has 2 aromatic carbocycles. The normalized spacial score (nSPS) is 14.4. The van der Waals surface area contributed by atoms with Gasteiger partial charge in [-0.2, -0.15) is 13.2 Å². The topological polar surface area (TPSA) is 91.9 Å². The molecule has 5 rings (SSSR count). The summed E-state index contributed by atoms with van der Waals surface area (Å²) in [4.78, 5) is 24.0. The molecule has 1 aliphatic heterocycles. The number of ether oxygens (including phenoxy) is 1. The largest absolute Gasteiger partial charge is 0.486 e. The number of rotatable bonds is 4. The van der Waals surface area contributed by atoms with Gasteiger partial charge in [-0.1, -0.05) is 17.7 Å². The SMILES string of the molecule is CC1(C)Cc2c(c(C(=O)Nc3ccc(C(F)(F)F)nc3)cc3nc(Nc4c(F)cccc4Cl)[nH]c23)O1. The van der Waals surface area contributed by atoms with Gasteiger partial charge in [0.1, 0.15) is 22.9 Å². The van der Waals surface area contributed by atoms with Crippen molar-refractivity contribution in [2.24, 2.45) is 0 Å². The van der Waals surface area contributed by atoms with Crippen LogP contribution >= 0.6 is 11.6 Å². The summed E-state index contributed by atoms with van der Waals surface area (Å²) in [6, 6.07) is 7.65. The van der Waals surface area contributed by atoms with Crippen LogP contribution in [0.1, 0.15) is 35.5 Å². The zero-order valence-electron chi connectivity index (χ0n) is 18.8. The van der Waals surface area contributed by atoms with E-state index in [1.54, 1.807) is 0 Å². The first-order valence-corrected chi connectivity index (χ1v) is 11.1. The second kappa shape index (κ2) is 8.37. The Morgan fingerprint density at radius 1 is 1.22 bits per heavy atom. The fourth-order valence-electron chi connectivity index (χ4n) is 4.02. The lowest BCUT2D eigenvalue weighted by Gasteiger charge is -2.18. The number of halogens is 5. The number of H-pyrrole nitrogens is 1. The summed E-state index contributed by atoms with van der Waals surface area (Å²) in [5.41, 5.74) is 0.253. The van der Waals surface area contributed by atoms with Gasteiger partial charge in [0, 0.05) is 12.0 Å². The Balaban J connectivity index is 1.51. The maximum absolute atomic E-state index is 14.3. The van der Waals surface area contributed by atoms with Gasteiger partial charge in [-0.25, -0.2) is 14.4 Å². The molecule has 2 aromatic heterocycles. The number of hydrogen-bond donors (Lipinski definition) is 3. The van der Waals surface area contributed by atoms with Gasteiger partial charge in [0.2, 0.25) is 5.95 Å². The number of aromatic amines is 1. The van der Waals surface area contributed by atoms with Crippen LogP contribution in [0.3, 0.4) is 0 Å². The summed E-state index contributed by atoms with van der Waals surface area (Å²) in [6.07, 6.45) is -3.21. The molecule has 0 fully saturated rings. The van der Waals surface area contributed by atoms with E-state index in [0.29, 0.717) is 28.8 Å². The highest BCUT2D eigenvalue weighted by atomic mass is 35.5. The third kappa shape index (κ3) is 4.41. The fourth-order valence-corrected chi connectivity index (χ4v) is 4.23. The summed E-state index contributed by atoms with van der Waals surface area (Å²) in [6.45, 7) is 3.71. The third-order valence-electron chi connectivity index (χ3n) is 5.58. The van der Waals surface area contributed by atoms with Gasteiger partial charge in [-0.05, 0) is 44.2 Å². The second-order valence-electron chi connectivity index (χ2n) is 8.86. The molecule has 7 nitrogen and oxygen atoms in total. The quantitative estimate of drug-likeness (QED) is 0.268. The number of benzene rings is 2. The molecule has 3 N–H and O–H groups in total. The smallest absolute Gasteiger partial charge is 0.433 e. The van der Waals surface area contributed by atoms with Gasteiger partial charge in [0.15, 0.2) is 0 Å². The summed E-state index contributed by atoms with van der Waals surface area (Å²) in [7, 11) is 0. The van der Waals surface area contributed by atoms with Crippen molar-refractivity contribution in [2.75, 3.05) is 10.6 Å². The van der Waals surface area contributed by atoms with Crippen molar-refractivity contribution in [1.29, 1.82) is 0 Å². The minimum Gasteiger partial charge on any atom is -0.486 e. The van der Waals surface area contributed by atoms with Crippen molar-refractivity contribution in [3.05, 3.63) is 70.3 Å². The van der Waals surface area contributed by atoms with Crippen LogP contribution in [0, 0.1) is 5.82 Å². The number of aromatic nitrogens is 3. The molecule has 0 saturated carbocycles. The van der Waals surface area contributed by atoms with Crippen LogP contribution in [0.25, 0.3) is 11.0 Å². The van der Waals surface area contributed by atoms with Crippen LogP contribution in [0.5, 0.6) is 5.75 Å². The van der Waals surface area contributed by atoms with Crippen molar-refractivity contribution in [1.82, 2.24) is 15.0 Å². The summed E-state index contributed by atoms with van der Waals surface area (Å²) in [5, 5.41) is 5.55. The van der Waals surface area contributed by atoms with E-state index >= 15 is 0 Å². The average Bonchev–Trinajstić information content (AvgIpc) is 3.34. The molecular weight excluding hydrogens is 502 g/mol. The maximum atomic E-state index is 14.3. The number of alkyl halides is 3. The molecule has 0 bridgehead atoms. The first-order valence-electron chi connectivity index (χ1n) is 10.7. The lowest BCUT2D eigenvalue weighted by atomic mass is 9.98. The number of pyridine rings is 1. The van der Waals surface area contributed by atoms with Gasteiger partial charge < -0.3 is 20.4 Å². The van der Waals surface area contributed by atoms with Crippen molar-refractivity contribution in [2.45, 2.75) is 32.0 Å². The average molecular weight is 520 g/mol. The molecule has 0 radical (unpaired) electrons. The van der Waals surface area contributed by atoms with Crippen LogP contribution in [-0.2, 0) is 12.6 Å². The Morgan fingerprint density at radius 2 is 2.00 bits per heavy atom. The van der Waals surface area contributed by atoms with Gasteiger partial charge in [-0.15, -0.1) is 0 Å². The molecule has 0 unspecified atom stereocenters. The van der Waals surface area contributed by atoms with E-state index < -0.39 is 29.2 Å². The zero-order chi connectivity index (χ0) is 25.8. The van der Waals surface area contributed by atoms with Crippen LogP contribution in [0.4, 0.5) is 34.9 Å². The van der Waals surface area contributed by atoms with Crippen molar-refractivity contribution in [3.8, 4) is 5.75 Å². The number of amides is 1. The molecule has 186 valence electrons. The number of carbonyl (C=O) groups is 1. The molecule has 0 atom stereocenters. The second-order valence-corrected chi connectivity index (χ2v) is 9.26. The fraction of sp³-hybridized carbons (Fsp3) is 0.208. The minimum absolute atomic E-state index is 0.0409. The van der Waals surface area contributed by atoms with Gasteiger partial charge >= 0.3 is 6.18 Å². The Hall–Kier alpha value is -3.86. The number of hydrogen-bond acceptors (Lipinski definition) is 5. The molecule has 0 saturated heterocycles. The highest BCUT2D eigenvalue weighted by molar-refractivity contribution is 6.33. The van der Waals surface area contributed by atoms with Crippen molar-refractivity contribution < 1.29 is 27.1 Å². The molecule has 4 aromatic rings. The van der Waals surface area contributed by atoms with Gasteiger partial charge in [0.05, 0.1) is 39.2 Å². The van der Waals surface area contributed by atoms with E-state index in [0.717, 1.165) is 18.3 Å². The Labute approximate surface area is 206 Å². The predicted octanol–water partition coefficient (Wildman–Crippen LogP) is 6.48. The third-order valence-corrected chi connectivity index (χ3v) is 5.89. The number of nitrogens with one attached hydrogen (secondary N) is 3. The zero-order valence-corrected chi connectivity index (χ0v) is 19.6. The van der Waals surface area contributed by atoms with E-state index in [1.807, 2.05) is 13.8 Å². The number of imidazole rings is 1. The Morgan fingerprint density at radius 3 is 2.67 bits per heavy atom. The maximum Gasteiger partial charge on any atom is 0.433 e. The van der Waals surface area contributed by atoms with Crippen LogP contribution < -0.4 is 15.4 Å². The van der Waals surface area contributed by atoms with E-state index in [4.69, 9.17) is 16.3 Å². The lowest BCUT2D eigenvalue weighted by molar-refractivity contribution is -0.141. The molecule has 0 aliphatic carbocycles. The van der Waals surface area contributed by atoms with E-state index in [1.165, 1.54) is 24.3 Å². The van der Waals surface area contributed by atoms with E-state index in [2.05, 4.69) is 25.6 Å². The van der Waals surface area contributed by atoms with Crippen LogP contribution in [0.2, 0.25) is 5.02 Å².